The molecule has 1 aliphatic heterocycles. The number of methoxy groups -OCH3 is 2. The summed E-state index contributed by atoms with van der Waals surface area (Å²) in [6.45, 7) is -1.62. The fourth-order valence-electron chi connectivity index (χ4n) is 4.01. The summed E-state index contributed by atoms with van der Waals surface area (Å²) < 4.78 is 34.3. The molecule has 1 aliphatic carbocycles. The molecule has 1 saturated carbocycles. The van der Waals surface area contributed by atoms with E-state index in [2.05, 4.69) is 0 Å². The van der Waals surface area contributed by atoms with E-state index in [0.29, 0.717) is 30.9 Å². The zero-order chi connectivity index (χ0) is 17.5. The van der Waals surface area contributed by atoms with Gasteiger partial charge in [0.05, 0.1) is 20.3 Å². The number of aliphatic hydroxyl groups is 1. The van der Waals surface area contributed by atoms with Gasteiger partial charge in [0.1, 0.15) is 0 Å². The Labute approximate surface area is 130 Å². The number of benzene rings is 1. The van der Waals surface area contributed by atoms with Crippen LogP contribution in [-0.4, -0.2) is 49.9 Å². The van der Waals surface area contributed by atoms with Gasteiger partial charge >= 0.3 is 0 Å². The van der Waals surface area contributed by atoms with Crippen molar-refractivity contribution in [1.29, 1.82) is 0 Å². The second-order valence-electron chi connectivity index (χ2n) is 6.11. The van der Waals surface area contributed by atoms with E-state index in [9.17, 15) is 5.11 Å². The maximum absolute atomic E-state index is 10.1. The summed E-state index contributed by atoms with van der Waals surface area (Å²) >= 11 is 0. The van der Waals surface area contributed by atoms with Crippen LogP contribution in [0.4, 0.5) is 0 Å². The Balaban J connectivity index is 2.03. The standard InChI is InChI=1S/C17H25NO3/c1-18-9-8-17(7-6-13(19)11-16(17)18)12-4-5-14(20-2)15(10-12)21-3/h4-5,10,13,16,19H,6-9,11H2,1-3H3/t13-,16-,17-/m0/s1/i1D3. The third-order valence-electron chi connectivity index (χ3n) is 5.19. The Hall–Kier alpha value is -1.26. The van der Waals surface area contributed by atoms with Crippen molar-refractivity contribution in [2.24, 2.45) is 0 Å². The maximum atomic E-state index is 10.1. The highest BCUT2D eigenvalue weighted by Crippen LogP contribution is 2.49. The quantitative estimate of drug-likeness (QED) is 0.928. The Kier molecular flexibility index (Phi) is 2.97. The van der Waals surface area contributed by atoms with Crippen molar-refractivity contribution in [1.82, 2.24) is 4.90 Å². The highest BCUT2D eigenvalue weighted by Gasteiger charge is 2.50. The molecule has 21 heavy (non-hydrogen) atoms. The van der Waals surface area contributed by atoms with Gasteiger partial charge in [0.15, 0.2) is 11.5 Å². The van der Waals surface area contributed by atoms with Crippen LogP contribution >= 0.6 is 0 Å². The lowest BCUT2D eigenvalue weighted by Crippen LogP contribution is -2.47. The highest BCUT2D eigenvalue weighted by atomic mass is 16.5. The highest BCUT2D eigenvalue weighted by molar-refractivity contribution is 5.46. The summed E-state index contributed by atoms with van der Waals surface area (Å²) in [5.74, 6) is 1.32. The van der Waals surface area contributed by atoms with Crippen molar-refractivity contribution in [2.75, 3.05) is 27.7 Å². The minimum atomic E-state index is -2.14. The van der Waals surface area contributed by atoms with Gasteiger partial charge in [-0.2, -0.15) is 0 Å². The SMILES string of the molecule is [2H]C([2H])([2H])N1CC[C@]2(c3ccc(OC)c(OC)c3)CC[C@H](O)C[C@H]12. The van der Waals surface area contributed by atoms with Crippen molar-refractivity contribution in [2.45, 2.75) is 43.2 Å². The number of hydrogen-bond donors (Lipinski definition) is 1. The van der Waals surface area contributed by atoms with Crippen LogP contribution in [0.1, 0.15) is 35.4 Å². The summed E-state index contributed by atoms with van der Waals surface area (Å²) in [7, 11) is 3.20. The van der Waals surface area contributed by atoms with Crippen LogP contribution in [0.3, 0.4) is 0 Å². The van der Waals surface area contributed by atoms with Crippen LogP contribution in [-0.2, 0) is 5.41 Å². The first-order chi connectivity index (χ1) is 11.3. The number of hydrogen-bond acceptors (Lipinski definition) is 4. The normalized spacial score (nSPS) is 35.5. The monoisotopic (exact) mass is 294 g/mol. The van der Waals surface area contributed by atoms with E-state index in [4.69, 9.17) is 13.6 Å². The van der Waals surface area contributed by atoms with E-state index in [1.807, 2.05) is 18.2 Å². The molecule has 116 valence electrons. The first-order valence-electron chi connectivity index (χ1n) is 8.99. The Bertz CT molecular complexity index is 607. The molecule has 2 fully saturated rings. The Morgan fingerprint density at radius 1 is 1.29 bits per heavy atom. The number of aliphatic hydroxyl groups excluding tert-OH is 1. The van der Waals surface area contributed by atoms with Gasteiger partial charge in [-0.05, 0) is 56.9 Å². The molecule has 0 unspecified atom stereocenters. The third kappa shape index (κ3) is 2.30. The van der Waals surface area contributed by atoms with Crippen LogP contribution in [0.25, 0.3) is 0 Å². The third-order valence-corrected chi connectivity index (χ3v) is 5.19. The molecule has 0 aromatic heterocycles. The first kappa shape index (κ1) is 11.3. The summed E-state index contributed by atoms with van der Waals surface area (Å²) in [6.07, 6.45) is 2.30. The van der Waals surface area contributed by atoms with E-state index in [-0.39, 0.29) is 11.5 Å². The minimum absolute atomic E-state index is 0.188. The van der Waals surface area contributed by atoms with Gasteiger partial charge in [0, 0.05) is 15.6 Å². The van der Waals surface area contributed by atoms with Gasteiger partial charge in [-0.1, -0.05) is 6.07 Å². The van der Waals surface area contributed by atoms with E-state index in [1.54, 1.807) is 19.1 Å². The van der Waals surface area contributed by atoms with Crippen LogP contribution in [0, 0.1) is 0 Å². The van der Waals surface area contributed by atoms with Crippen molar-refractivity contribution in [3.05, 3.63) is 23.8 Å². The fraction of sp³-hybridized carbons (Fsp3) is 0.647. The molecule has 3 rings (SSSR count). The maximum Gasteiger partial charge on any atom is 0.161 e. The number of rotatable bonds is 3. The van der Waals surface area contributed by atoms with Crippen molar-refractivity contribution in [3.63, 3.8) is 0 Å². The zero-order valence-corrected chi connectivity index (χ0v) is 12.6. The van der Waals surface area contributed by atoms with Gasteiger partial charge in [-0.15, -0.1) is 0 Å². The van der Waals surface area contributed by atoms with Gasteiger partial charge < -0.3 is 19.5 Å². The summed E-state index contributed by atoms with van der Waals surface area (Å²) in [5, 5.41) is 10.1. The molecular formula is C17H25NO3. The van der Waals surface area contributed by atoms with Gasteiger partial charge in [-0.3, -0.25) is 0 Å². The van der Waals surface area contributed by atoms with Crippen LogP contribution < -0.4 is 9.47 Å². The van der Waals surface area contributed by atoms with Gasteiger partial charge in [0.25, 0.3) is 0 Å². The number of likely N-dealkylation sites (N-methyl/N-ethyl adjacent to an activating group) is 1. The molecule has 3 atom stereocenters. The minimum Gasteiger partial charge on any atom is -0.493 e. The second kappa shape index (κ2) is 5.50. The number of fused-ring (bicyclic) bond motifs is 1. The summed E-state index contributed by atoms with van der Waals surface area (Å²) in [4.78, 5) is 1.59. The fourth-order valence-corrected chi connectivity index (χ4v) is 4.01. The predicted octanol–water partition coefficient (Wildman–Crippen LogP) is 2.19. The molecular weight excluding hydrogens is 266 g/mol. The molecule has 0 radical (unpaired) electrons. The first-order valence-corrected chi connectivity index (χ1v) is 7.49. The smallest absolute Gasteiger partial charge is 0.161 e. The predicted molar refractivity (Wildman–Crippen MR) is 82.1 cm³/mol. The van der Waals surface area contributed by atoms with E-state index >= 15 is 0 Å². The summed E-state index contributed by atoms with van der Waals surface area (Å²) in [5.41, 5.74) is 0.816. The summed E-state index contributed by atoms with van der Waals surface area (Å²) in [6, 6.07) is 5.66. The molecule has 0 bridgehead atoms. The molecule has 2 aliphatic rings. The molecule has 0 amide bonds. The van der Waals surface area contributed by atoms with Crippen LogP contribution in [0.2, 0.25) is 0 Å². The zero-order valence-electron chi connectivity index (χ0n) is 15.6. The molecule has 0 spiro atoms. The Morgan fingerprint density at radius 2 is 2.10 bits per heavy atom. The van der Waals surface area contributed by atoms with Crippen molar-refractivity contribution >= 4 is 0 Å². The molecule has 1 aromatic carbocycles. The average molecular weight is 294 g/mol. The Morgan fingerprint density at radius 3 is 2.81 bits per heavy atom. The lowest BCUT2D eigenvalue weighted by molar-refractivity contribution is 0.0566. The lowest BCUT2D eigenvalue weighted by atomic mass is 9.65. The molecule has 1 N–H and O–H groups in total. The van der Waals surface area contributed by atoms with Crippen molar-refractivity contribution < 1.29 is 18.7 Å². The van der Waals surface area contributed by atoms with E-state index < -0.39 is 13.1 Å². The second-order valence-corrected chi connectivity index (χ2v) is 6.11. The molecule has 4 nitrogen and oxygen atoms in total. The molecule has 1 heterocycles. The number of nitrogens with zero attached hydrogens (tertiary/aromatic N) is 1. The molecule has 1 aromatic rings. The van der Waals surface area contributed by atoms with Crippen LogP contribution in [0.5, 0.6) is 11.5 Å². The van der Waals surface area contributed by atoms with Crippen molar-refractivity contribution in [3.8, 4) is 11.5 Å². The lowest BCUT2D eigenvalue weighted by Gasteiger charge is -2.43. The number of likely N-dealkylation sites (tertiary alicyclic amines) is 1. The molecule has 1 saturated heterocycles. The van der Waals surface area contributed by atoms with Gasteiger partial charge in [0.2, 0.25) is 0 Å². The van der Waals surface area contributed by atoms with E-state index in [1.165, 1.54) is 0 Å². The largest absolute Gasteiger partial charge is 0.493 e. The topological polar surface area (TPSA) is 41.9 Å². The number of ether oxygens (including phenoxy) is 2. The average Bonchev–Trinajstić information content (AvgIpc) is 2.94. The van der Waals surface area contributed by atoms with Crippen LogP contribution in [0.15, 0.2) is 18.2 Å². The molecule has 4 heteroatoms. The van der Waals surface area contributed by atoms with Gasteiger partial charge in [-0.25, -0.2) is 0 Å². The van der Waals surface area contributed by atoms with E-state index in [0.717, 1.165) is 18.4 Å².